The number of carbonyl (C=O) groups excluding carboxylic acids is 1. The average Bonchev–Trinajstić information content (AvgIpc) is 2.40. The molecule has 17 heavy (non-hydrogen) atoms. The molecule has 0 aromatic rings. The summed E-state index contributed by atoms with van der Waals surface area (Å²) in [7, 11) is 0. The van der Waals surface area contributed by atoms with Crippen LogP contribution in [0.2, 0.25) is 0 Å². The van der Waals surface area contributed by atoms with E-state index in [4.69, 9.17) is 9.84 Å². The highest BCUT2D eigenvalue weighted by Gasteiger charge is 2.28. The summed E-state index contributed by atoms with van der Waals surface area (Å²) in [6.45, 7) is 6.09. The normalized spacial score (nSPS) is 27.1. The minimum absolute atomic E-state index is 0.0980. The zero-order chi connectivity index (χ0) is 12.1. The fraction of sp³-hybridized carbons (Fsp3) is 0.909. The molecule has 0 spiro atoms. The maximum Gasteiger partial charge on any atom is 0.253 e. The predicted octanol–water partition coefficient (Wildman–Crippen LogP) is -1.89. The Kier molecular flexibility index (Phi) is 4.73. The van der Waals surface area contributed by atoms with Crippen LogP contribution in [0.3, 0.4) is 0 Å². The van der Waals surface area contributed by atoms with Crippen LogP contribution in [0, 0.1) is 0 Å². The molecular formula is C11H21N3O3. The van der Waals surface area contributed by atoms with E-state index in [0.29, 0.717) is 19.7 Å². The van der Waals surface area contributed by atoms with Crippen molar-refractivity contribution in [1.82, 2.24) is 15.1 Å². The molecule has 2 N–H and O–H groups in total. The van der Waals surface area contributed by atoms with Crippen LogP contribution in [0.1, 0.15) is 0 Å². The fourth-order valence-electron chi connectivity index (χ4n) is 2.26. The molecule has 2 aliphatic heterocycles. The molecule has 2 heterocycles. The number of ether oxygens (including phenoxy) is 1. The van der Waals surface area contributed by atoms with Crippen LogP contribution in [0.5, 0.6) is 0 Å². The van der Waals surface area contributed by atoms with Crippen LogP contribution in [-0.2, 0) is 9.53 Å². The van der Waals surface area contributed by atoms with Crippen molar-refractivity contribution in [2.24, 2.45) is 0 Å². The second-order valence-corrected chi connectivity index (χ2v) is 4.45. The first-order valence-corrected chi connectivity index (χ1v) is 6.25. The van der Waals surface area contributed by atoms with E-state index in [0.717, 1.165) is 32.7 Å². The molecule has 0 aliphatic carbocycles. The van der Waals surface area contributed by atoms with Crippen molar-refractivity contribution in [2.75, 3.05) is 59.0 Å². The largest absolute Gasteiger partial charge is 0.395 e. The number of hydrogen-bond donors (Lipinski definition) is 2. The van der Waals surface area contributed by atoms with Gasteiger partial charge in [-0.05, 0) is 0 Å². The molecule has 0 bridgehead atoms. The van der Waals surface area contributed by atoms with Gasteiger partial charge >= 0.3 is 0 Å². The fourth-order valence-corrected chi connectivity index (χ4v) is 2.26. The third kappa shape index (κ3) is 3.38. The van der Waals surface area contributed by atoms with Crippen molar-refractivity contribution < 1.29 is 14.6 Å². The highest BCUT2D eigenvalue weighted by molar-refractivity contribution is 5.81. The van der Waals surface area contributed by atoms with Crippen LogP contribution in [0.25, 0.3) is 0 Å². The number of nitrogens with one attached hydrogen (secondary N) is 1. The number of nitrogens with zero attached hydrogens (tertiary/aromatic N) is 2. The summed E-state index contributed by atoms with van der Waals surface area (Å²) in [5.74, 6) is 0.0980. The number of β-amino-alcohol motifs (C(OH)–C–C–N with tert-alkyl or cyclic N) is 1. The number of rotatable bonds is 3. The van der Waals surface area contributed by atoms with Crippen molar-refractivity contribution in [2.45, 2.75) is 6.10 Å². The van der Waals surface area contributed by atoms with Gasteiger partial charge in [0.15, 0.2) is 0 Å². The highest BCUT2D eigenvalue weighted by atomic mass is 16.5. The summed E-state index contributed by atoms with van der Waals surface area (Å²) in [5, 5.41) is 12.0. The van der Waals surface area contributed by atoms with Gasteiger partial charge in [-0.3, -0.25) is 9.69 Å². The minimum atomic E-state index is -0.312. The zero-order valence-electron chi connectivity index (χ0n) is 10.1. The predicted molar refractivity (Wildman–Crippen MR) is 62.7 cm³/mol. The molecule has 98 valence electrons. The lowest BCUT2D eigenvalue weighted by molar-refractivity contribution is -0.147. The Morgan fingerprint density at radius 2 is 2.12 bits per heavy atom. The molecule has 1 atom stereocenters. The van der Waals surface area contributed by atoms with Crippen molar-refractivity contribution in [3.63, 3.8) is 0 Å². The number of carbonyl (C=O) groups is 1. The van der Waals surface area contributed by atoms with Crippen molar-refractivity contribution in [1.29, 1.82) is 0 Å². The standard InChI is InChI=1S/C11H21N3O3/c15-7-6-13-2-4-14(5-3-13)11(16)10-9-12-1-8-17-10/h10,12,15H,1-9H2. The van der Waals surface area contributed by atoms with E-state index in [-0.39, 0.29) is 18.6 Å². The van der Waals surface area contributed by atoms with Gasteiger partial charge in [0, 0.05) is 45.8 Å². The van der Waals surface area contributed by atoms with E-state index in [1.807, 2.05) is 4.90 Å². The number of aliphatic hydroxyl groups excluding tert-OH is 1. The molecule has 2 rings (SSSR count). The number of morpholine rings is 1. The first kappa shape index (κ1) is 12.8. The number of aliphatic hydroxyl groups is 1. The Morgan fingerprint density at radius 3 is 2.71 bits per heavy atom. The topological polar surface area (TPSA) is 65.0 Å². The minimum Gasteiger partial charge on any atom is -0.395 e. The smallest absolute Gasteiger partial charge is 0.253 e. The lowest BCUT2D eigenvalue weighted by Gasteiger charge is -2.36. The molecule has 1 unspecified atom stereocenters. The van der Waals surface area contributed by atoms with Crippen molar-refractivity contribution in [3.05, 3.63) is 0 Å². The van der Waals surface area contributed by atoms with E-state index >= 15 is 0 Å². The second-order valence-electron chi connectivity index (χ2n) is 4.45. The Labute approximate surface area is 102 Å². The molecule has 0 saturated carbocycles. The first-order chi connectivity index (χ1) is 8.31. The van der Waals surface area contributed by atoms with Gasteiger partial charge in [0.25, 0.3) is 5.91 Å². The van der Waals surface area contributed by atoms with E-state index in [1.54, 1.807) is 0 Å². The number of piperazine rings is 1. The quantitative estimate of drug-likeness (QED) is 0.607. The molecule has 0 aromatic carbocycles. The van der Waals surface area contributed by atoms with Crippen LogP contribution < -0.4 is 5.32 Å². The summed E-state index contributed by atoms with van der Waals surface area (Å²) >= 11 is 0. The zero-order valence-corrected chi connectivity index (χ0v) is 10.1. The second kappa shape index (κ2) is 6.30. The van der Waals surface area contributed by atoms with Gasteiger partial charge in [0.05, 0.1) is 13.2 Å². The van der Waals surface area contributed by atoms with Gasteiger partial charge in [-0.2, -0.15) is 0 Å². The van der Waals surface area contributed by atoms with Gasteiger partial charge in [-0.25, -0.2) is 0 Å². The lowest BCUT2D eigenvalue weighted by Crippen LogP contribution is -2.55. The van der Waals surface area contributed by atoms with Crippen LogP contribution in [-0.4, -0.2) is 85.9 Å². The van der Waals surface area contributed by atoms with E-state index in [2.05, 4.69) is 10.2 Å². The maximum absolute atomic E-state index is 12.1. The lowest BCUT2D eigenvalue weighted by atomic mass is 10.2. The Hall–Kier alpha value is -0.690. The van der Waals surface area contributed by atoms with Gasteiger partial charge in [0.2, 0.25) is 0 Å². The van der Waals surface area contributed by atoms with Crippen molar-refractivity contribution in [3.8, 4) is 0 Å². The molecule has 2 aliphatic rings. The number of hydrogen-bond acceptors (Lipinski definition) is 5. The molecule has 1 amide bonds. The van der Waals surface area contributed by atoms with E-state index in [1.165, 1.54) is 0 Å². The van der Waals surface area contributed by atoms with Gasteiger partial charge in [-0.1, -0.05) is 0 Å². The molecule has 6 heteroatoms. The van der Waals surface area contributed by atoms with E-state index < -0.39 is 0 Å². The van der Waals surface area contributed by atoms with Gasteiger partial charge in [-0.15, -0.1) is 0 Å². The third-order valence-corrected chi connectivity index (χ3v) is 3.30. The van der Waals surface area contributed by atoms with Crippen LogP contribution in [0.15, 0.2) is 0 Å². The van der Waals surface area contributed by atoms with E-state index in [9.17, 15) is 4.79 Å². The Morgan fingerprint density at radius 1 is 1.35 bits per heavy atom. The molecule has 2 fully saturated rings. The molecule has 2 saturated heterocycles. The third-order valence-electron chi connectivity index (χ3n) is 3.30. The monoisotopic (exact) mass is 243 g/mol. The average molecular weight is 243 g/mol. The van der Waals surface area contributed by atoms with Crippen molar-refractivity contribution >= 4 is 5.91 Å². The van der Waals surface area contributed by atoms with Gasteiger partial charge in [0.1, 0.15) is 6.10 Å². The van der Waals surface area contributed by atoms with Crippen LogP contribution in [0.4, 0.5) is 0 Å². The summed E-state index contributed by atoms with van der Waals surface area (Å²) in [6.07, 6.45) is -0.312. The molecule has 6 nitrogen and oxygen atoms in total. The Balaban J connectivity index is 1.77. The molecule has 0 radical (unpaired) electrons. The summed E-state index contributed by atoms with van der Waals surface area (Å²) in [5.41, 5.74) is 0. The first-order valence-electron chi connectivity index (χ1n) is 6.25. The summed E-state index contributed by atoms with van der Waals surface area (Å²) in [4.78, 5) is 16.1. The van der Waals surface area contributed by atoms with Crippen LogP contribution >= 0.6 is 0 Å². The highest BCUT2D eigenvalue weighted by Crippen LogP contribution is 2.07. The maximum atomic E-state index is 12.1. The summed E-state index contributed by atoms with van der Waals surface area (Å²) < 4.78 is 5.46. The number of amides is 1. The molecule has 0 aromatic heterocycles. The summed E-state index contributed by atoms with van der Waals surface area (Å²) in [6, 6.07) is 0. The molecular weight excluding hydrogens is 222 g/mol. The SMILES string of the molecule is O=C(C1CNCCO1)N1CCN(CCO)CC1. The van der Waals surface area contributed by atoms with Gasteiger partial charge < -0.3 is 20.1 Å². The Bertz CT molecular complexity index is 248.